The molecule has 1 aliphatic rings. The van der Waals surface area contributed by atoms with E-state index in [-0.39, 0.29) is 31.0 Å². The number of anilines is 1. The molecule has 2 amide bonds. The normalized spacial score (nSPS) is 17.6. The number of hydrogen-bond acceptors (Lipinski definition) is 3. The first-order chi connectivity index (χ1) is 13.0. The van der Waals surface area contributed by atoms with E-state index in [0.717, 1.165) is 0 Å². The fourth-order valence-electron chi connectivity index (χ4n) is 3.19. The highest BCUT2D eigenvalue weighted by Crippen LogP contribution is 2.28. The molecule has 1 saturated heterocycles. The number of halogens is 1. The minimum atomic E-state index is -1.04. The van der Waals surface area contributed by atoms with Crippen molar-refractivity contribution in [2.24, 2.45) is 5.92 Å². The van der Waals surface area contributed by atoms with Crippen LogP contribution in [0.25, 0.3) is 0 Å². The Labute approximate surface area is 155 Å². The van der Waals surface area contributed by atoms with E-state index in [9.17, 15) is 18.8 Å². The van der Waals surface area contributed by atoms with Crippen LogP contribution in [-0.4, -0.2) is 29.4 Å². The predicted octanol–water partition coefficient (Wildman–Crippen LogP) is 2.51. The fourth-order valence-corrected chi connectivity index (χ4v) is 3.19. The highest BCUT2D eigenvalue weighted by atomic mass is 19.1. The number of rotatable bonds is 6. The molecule has 3 rings (SSSR count). The van der Waals surface area contributed by atoms with Crippen LogP contribution in [0.15, 0.2) is 54.6 Å². The van der Waals surface area contributed by atoms with E-state index in [1.165, 1.54) is 23.1 Å². The second kappa shape index (κ2) is 7.99. The molecule has 0 spiro atoms. The maximum atomic E-state index is 14.0. The van der Waals surface area contributed by atoms with Crippen molar-refractivity contribution >= 4 is 23.5 Å². The largest absolute Gasteiger partial charge is 0.481 e. The average Bonchev–Trinajstić information content (AvgIpc) is 3.03. The van der Waals surface area contributed by atoms with Gasteiger partial charge in [0, 0.05) is 13.0 Å². The lowest BCUT2D eigenvalue weighted by Gasteiger charge is -2.20. The van der Waals surface area contributed by atoms with Crippen molar-refractivity contribution in [3.8, 4) is 0 Å². The van der Waals surface area contributed by atoms with Gasteiger partial charge >= 0.3 is 5.97 Å². The number of carbonyl (C=O) groups is 3. The Morgan fingerprint density at radius 1 is 1.15 bits per heavy atom. The van der Waals surface area contributed by atoms with E-state index >= 15 is 0 Å². The minimum Gasteiger partial charge on any atom is -0.481 e. The van der Waals surface area contributed by atoms with Crippen LogP contribution in [0.2, 0.25) is 0 Å². The summed E-state index contributed by atoms with van der Waals surface area (Å²) in [7, 11) is 0. The van der Waals surface area contributed by atoms with E-state index in [1.54, 1.807) is 36.4 Å². The maximum Gasteiger partial charge on any atom is 0.305 e. The lowest BCUT2D eigenvalue weighted by molar-refractivity contribution is -0.138. The van der Waals surface area contributed by atoms with Crippen molar-refractivity contribution < 1.29 is 23.9 Å². The number of carboxylic acids is 1. The molecule has 140 valence electrons. The van der Waals surface area contributed by atoms with E-state index in [0.29, 0.717) is 5.56 Å². The van der Waals surface area contributed by atoms with Crippen molar-refractivity contribution in [1.29, 1.82) is 0 Å². The Bertz CT molecular complexity index is 856. The highest BCUT2D eigenvalue weighted by molar-refractivity contribution is 6.00. The number of carbonyl (C=O) groups excluding carboxylic acids is 2. The van der Waals surface area contributed by atoms with Crippen LogP contribution in [0, 0.1) is 11.7 Å². The Balaban J connectivity index is 1.73. The first kappa shape index (κ1) is 18.6. The molecule has 2 aromatic carbocycles. The summed E-state index contributed by atoms with van der Waals surface area (Å²) in [5.74, 6) is -3.00. The van der Waals surface area contributed by atoms with Crippen LogP contribution in [0.4, 0.5) is 10.1 Å². The molecule has 2 atom stereocenters. The predicted molar refractivity (Wildman–Crippen MR) is 96.4 cm³/mol. The third-order valence-corrected chi connectivity index (χ3v) is 4.54. The number of carboxylic acid groups (broad SMARTS) is 1. The van der Waals surface area contributed by atoms with Crippen LogP contribution in [0.5, 0.6) is 0 Å². The van der Waals surface area contributed by atoms with Crippen molar-refractivity contribution in [3.63, 3.8) is 0 Å². The van der Waals surface area contributed by atoms with Crippen LogP contribution >= 0.6 is 0 Å². The molecule has 27 heavy (non-hydrogen) atoms. The van der Waals surface area contributed by atoms with Crippen molar-refractivity contribution in [1.82, 2.24) is 5.32 Å². The SMILES string of the molecule is O=C(O)CC(NC(=O)C1CC(=O)N(c2ccccc2F)C1)c1ccccc1. The van der Waals surface area contributed by atoms with Crippen LogP contribution in [-0.2, 0) is 14.4 Å². The molecule has 2 aromatic rings. The first-order valence-electron chi connectivity index (χ1n) is 8.57. The second-order valence-corrected chi connectivity index (χ2v) is 6.43. The molecular weight excluding hydrogens is 351 g/mol. The standard InChI is InChI=1S/C20H19FN2O4/c21-15-8-4-5-9-17(15)23-12-14(10-18(23)24)20(27)22-16(11-19(25)26)13-6-2-1-3-7-13/h1-9,14,16H,10-12H2,(H,22,27)(H,25,26). The van der Waals surface area contributed by atoms with E-state index < -0.39 is 29.7 Å². The van der Waals surface area contributed by atoms with Gasteiger partial charge in [-0.15, -0.1) is 0 Å². The van der Waals surface area contributed by atoms with E-state index in [1.807, 2.05) is 0 Å². The summed E-state index contributed by atoms with van der Waals surface area (Å²) < 4.78 is 14.0. The summed E-state index contributed by atoms with van der Waals surface area (Å²) in [6.45, 7) is 0.0557. The zero-order valence-corrected chi connectivity index (χ0v) is 14.5. The van der Waals surface area contributed by atoms with Gasteiger partial charge in [0.1, 0.15) is 5.82 Å². The van der Waals surface area contributed by atoms with Gasteiger partial charge in [0.15, 0.2) is 0 Å². The topological polar surface area (TPSA) is 86.7 Å². The highest BCUT2D eigenvalue weighted by Gasteiger charge is 2.37. The molecule has 0 bridgehead atoms. The molecule has 0 saturated carbocycles. The summed E-state index contributed by atoms with van der Waals surface area (Å²) in [5, 5.41) is 11.9. The van der Waals surface area contributed by atoms with Crippen LogP contribution < -0.4 is 10.2 Å². The monoisotopic (exact) mass is 370 g/mol. The minimum absolute atomic E-state index is 0.0469. The smallest absolute Gasteiger partial charge is 0.305 e. The van der Waals surface area contributed by atoms with Crippen LogP contribution in [0.1, 0.15) is 24.4 Å². The molecule has 1 aliphatic heterocycles. The Morgan fingerprint density at radius 2 is 1.81 bits per heavy atom. The van der Waals surface area contributed by atoms with Gasteiger partial charge in [-0.05, 0) is 17.7 Å². The molecule has 2 unspecified atom stereocenters. The van der Waals surface area contributed by atoms with Gasteiger partial charge in [0.2, 0.25) is 11.8 Å². The fraction of sp³-hybridized carbons (Fsp3) is 0.250. The number of aliphatic carboxylic acids is 1. The number of nitrogens with zero attached hydrogens (tertiary/aromatic N) is 1. The molecule has 1 fully saturated rings. The van der Waals surface area contributed by atoms with Gasteiger partial charge in [-0.1, -0.05) is 42.5 Å². The quantitative estimate of drug-likeness (QED) is 0.818. The third-order valence-electron chi connectivity index (χ3n) is 4.54. The molecule has 0 aromatic heterocycles. The van der Waals surface area contributed by atoms with Gasteiger partial charge < -0.3 is 15.3 Å². The molecule has 2 N–H and O–H groups in total. The number of amides is 2. The summed E-state index contributed by atoms with van der Waals surface area (Å²) in [5.41, 5.74) is 0.812. The molecule has 0 aliphatic carbocycles. The molecule has 7 heteroatoms. The number of hydrogen-bond donors (Lipinski definition) is 2. The summed E-state index contributed by atoms with van der Waals surface area (Å²) in [4.78, 5) is 37.3. The Kier molecular flexibility index (Phi) is 5.49. The van der Waals surface area contributed by atoms with Crippen LogP contribution in [0.3, 0.4) is 0 Å². The first-order valence-corrected chi connectivity index (χ1v) is 8.57. The summed E-state index contributed by atoms with van der Waals surface area (Å²) >= 11 is 0. The van der Waals surface area contributed by atoms with Crippen molar-refractivity contribution in [2.45, 2.75) is 18.9 Å². The van der Waals surface area contributed by atoms with E-state index in [2.05, 4.69) is 5.32 Å². The molecule has 0 radical (unpaired) electrons. The Morgan fingerprint density at radius 3 is 2.48 bits per heavy atom. The number of nitrogens with one attached hydrogen (secondary N) is 1. The maximum absolute atomic E-state index is 14.0. The zero-order chi connectivity index (χ0) is 19.4. The van der Waals surface area contributed by atoms with Crippen molar-refractivity contribution in [3.05, 3.63) is 66.0 Å². The average molecular weight is 370 g/mol. The van der Waals surface area contributed by atoms with E-state index in [4.69, 9.17) is 5.11 Å². The summed E-state index contributed by atoms with van der Waals surface area (Å²) in [6.07, 6.45) is -0.317. The number of benzene rings is 2. The number of para-hydroxylation sites is 1. The second-order valence-electron chi connectivity index (χ2n) is 6.43. The van der Waals surface area contributed by atoms with Gasteiger partial charge in [-0.2, -0.15) is 0 Å². The molecule has 6 nitrogen and oxygen atoms in total. The van der Waals surface area contributed by atoms with Gasteiger partial charge in [-0.3, -0.25) is 14.4 Å². The van der Waals surface area contributed by atoms with Gasteiger partial charge in [-0.25, -0.2) is 4.39 Å². The molecule has 1 heterocycles. The van der Waals surface area contributed by atoms with Gasteiger partial charge in [0.05, 0.1) is 24.1 Å². The van der Waals surface area contributed by atoms with Crippen molar-refractivity contribution in [2.75, 3.05) is 11.4 Å². The summed E-state index contributed by atoms with van der Waals surface area (Å²) in [6, 6.07) is 14.0. The Hall–Kier alpha value is -3.22. The third kappa shape index (κ3) is 4.31. The van der Waals surface area contributed by atoms with Gasteiger partial charge in [0.25, 0.3) is 0 Å². The lowest BCUT2D eigenvalue weighted by Crippen LogP contribution is -2.36. The molecular formula is C20H19FN2O4. The lowest BCUT2D eigenvalue weighted by atomic mass is 10.0. The zero-order valence-electron chi connectivity index (χ0n) is 14.5.